The number of hydrogen-bond acceptors (Lipinski definition) is 4. The van der Waals surface area contributed by atoms with Gasteiger partial charge in [0.05, 0.1) is 11.9 Å². The topological polar surface area (TPSA) is 67.2 Å². The summed E-state index contributed by atoms with van der Waals surface area (Å²) in [7, 11) is 0. The summed E-state index contributed by atoms with van der Waals surface area (Å²) in [6, 6.07) is 7.38. The van der Waals surface area contributed by atoms with Gasteiger partial charge >= 0.3 is 5.91 Å². The Kier molecular flexibility index (Phi) is 2.81. The third-order valence-electron chi connectivity index (χ3n) is 1.85. The lowest BCUT2D eigenvalue weighted by atomic mass is 10.3. The lowest BCUT2D eigenvalue weighted by molar-refractivity contribution is 0.0926. The lowest BCUT2D eigenvalue weighted by Crippen LogP contribution is -2.29. The highest BCUT2D eigenvalue weighted by atomic mass is 19.1. The smallest absolute Gasteiger partial charge is 0.308 e. The molecule has 0 fully saturated rings. The molecule has 0 aliphatic rings. The van der Waals surface area contributed by atoms with E-state index in [1.807, 2.05) is 0 Å². The molecule has 0 saturated carbocycles. The van der Waals surface area contributed by atoms with E-state index in [9.17, 15) is 9.18 Å². The van der Waals surface area contributed by atoms with E-state index in [1.54, 1.807) is 12.1 Å². The number of aromatic nitrogens is 1. The van der Waals surface area contributed by atoms with Crippen LogP contribution in [0.15, 0.2) is 41.1 Å². The van der Waals surface area contributed by atoms with Crippen LogP contribution in [0.5, 0.6) is 0 Å². The normalized spacial score (nSPS) is 9.81. The van der Waals surface area contributed by atoms with Crippen molar-refractivity contribution in [2.45, 2.75) is 0 Å². The van der Waals surface area contributed by atoms with Gasteiger partial charge in [-0.05, 0) is 12.1 Å². The number of nitrogens with zero attached hydrogens (tertiary/aromatic N) is 1. The van der Waals surface area contributed by atoms with Crippen LogP contribution in [0.4, 0.5) is 10.1 Å². The molecule has 0 atom stereocenters. The molecule has 1 aromatic carbocycles. The number of para-hydroxylation sites is 1. The van der Waals surface area contributed by atoms with Crippen LogP contribution in [0.25, 0.3) is 0 Å². The summed E-state index contributed by atoms with van der Waals surface area (Å²) in [5, 5.41) is 3.38. The third kappa shape index (κ3) is 2.17. The number of carbonyl (C=O) groups excluding carboxylic acids is 1. The minimum Gasteiger partial charge on any atom is -0.351 e. The predicted octanol–water partition coefficient (Wildman–Crippen LogP) is 1.57. The Bertz CT molecular complexity index is 485. The molecular formula is C10H8FN3O2. The molecule has 0 aliphatic carbocycles. The van der Waals surface area contributed by atoms with E-state index in [0.717, 1.165) is 0 Å². The van der Waals surface area contributed by atoms with E-state index in [4.69, 9.17) is 0 Å². The molecule has 0 radical (unpaired) electrons. The number of anilines is 1. The molecule has 0 spiro atoms. The Hall–Kier alpha value is -2.37. The van der Waals surface area contributed by atoms with Gasteiger partial charge in [0, 0.05) is 6.07 Å². The number of rotatable bonds is 3. The van der Waals surface area contributed by atoms with Crippen molar-refractivity contribution in [3.8, 4) is 0 Å². The first kappa shape index (κ1) is 10.2. The van der Waals surface area contributed by atoms with Gasteiger partial charge in [-0.1, -0.05) is 17.3 Å². The minimum absolute atomic E-state index is 0.0452. The molecule has 2 rings (SSSR count). The second-order valence-corrected chi connectivity index (χ2v) is 2.94. The predicted molar refractivity (Wildman–Crippen MR) is 54.0 cm³/mol. The standard InChI is InChI=1S/C10H8FN3O2/c11-7-3-1-2-4-8(7)13-14-10(15)9-5-6-12-16-9/h1-6,13H,(H,14,15). The fourth-order valence-corrected chi connectivity index (χ4v) is 1.08. The summed E-state index contributed by atoms with van der Waals surface area (Å²) < 4.78 is 17.8. The molecule has 82 valence electrons. The summed E-state index contributed by atoms with van der Waals surface area (Å²) in [5.41, 5.74) is 4.89. The molecule has 0 saturated heterocycles. The summed E-state index contributed by atoms with van der Waals surface area (Å²) in [4.78, 5) is 11.4. The van der Waals surface area contributed by atoms with Gasteiger partial charge in [0.2, 0.25) is 5.76 Å². The van der Waals surface area contributed by atoms with Gasteiger partial charge in [-0.2, -0.15) is 0 Å². The van der Waals surface area contributed by atoms with Crippen LogP contribution in [0.2, 0.25) is 0 Å². The number of benzene rings is 1. The fraction of sp³-hybridized carbons (Fsp3) is 0. The number of hydrogen-bond donors (Lipinski definition) is 2. The van der Waals surface area contributed by atoms with Gasteiger partial charge in [-0.15, -0.1) is 0 Å². The van der Waals surface area contributed by atoms with Crippen molar-refractivity contribution in [3.05, 3.63) is 48.1 Å². The Labute approximate surface area is 90.2 Å². The minimum atomic E-state index is -0.527. The average Bonchev–Trinajstić information content (AvgIpc) is 2.81. The lowest BCUT2D eigenvalue weighted by Gasteiger charge is -2.06. The van der Waals surface area contributed by atoms with E-state index in [2.05, 4.69) is 20.5 Å². The molecular weight excluding hydrogens is 213 g/mol. The van der Waals surface area contributed by atoms with E-state index in [1.165, 1.54) is 24.4 Å². The molecule has 2 N–H and O–H groups in total. The van der Waals surface area contributed by atoms with Crippen LogP contribution in [-0.2, 0) is 0 Å². The molecule has 16 heavy (non-hydrogen) atoms. The van der Waals surface area contributed by atoms with Crippen LogP contribution in [-0.4, -0.2) is 11.1 Å². The molecule has 6 heteroatoms. The first-order chi connectivity index (χ1) is 7.77. The third-order valence-corrected chi connectivity index (χ3v) is 1.85. The highest BCUT2D eigenvalue weighted by molar-refractivity contribution is 5.91. The zero-order valence-electron chi connectivity index (χ0n) is 8.11. The van der Waals surface area contributed by atoms with Gasteiger partial charge in [0.15, 0.2) is 0 Å². The van der Waals surface area contributed by atoms with E-state index < -0.39 is 11.7 Å². The Morgan fingerprint density at radius 2 is 2.12 bits per heavy atom. The van der Waals surface area contributed by atoms with Crippen molar-refractivity contribution in [1.29, 1.82) is 0 Å². The van der Waals surface area contributed by atoms with Crippen molar-refractivity contribution < 1.29 is 13.7 Å². The monoisotopic (exact) mass is 221 g/mol. The largest absolute Gasteiger partial charge is 0.351 e. The number of hydrazine groups is 1. The summed E-state index contributed by atoms with van der Waals surface area (Å²) >= 11 is 0. The summed E-state index contributed by atoms with van der Waals surface area (Å²) in [5.74, 6) is -0.940. The van der Waals surface area contributed by atoms with Crippen LogP contribution >= 0.6 is 0 Å². The zero-order chi connectivity index (χ0) is 11.4. The van der Waals surface area contributed by atoms with Gasteiger partial charge < -0.3 is 4.52 Å². The van der Waals surface area contributed by atoms with Crippen LogP contribution in [0, 0.1) is 5.82 Å². The second-order valence-electron chi connectivity index (χ2n) is 2.94. The number of amides is 1. The quantitative estimate of drug-likeness (QED) is 0.772. The average molecular weight is 221 g/mol. The maximum atomic E-state index is 13.1. The van der Waals surface area contributed by atoms with Gasteiger partial charge in [0.25, 0.3) is 0 Å². The first-order valence-corrected chi connectivity index (χ1v) is 4.49. The molecule has 0 bridgehead atoms. The molecule has 1 amide bonds. The molecule has 5 nitrogen and oxygen atoms in total. The van der Waals surface area contributed by atoms with Crippen LogP contribution in [0.1, 0.15) is 10.6 Å². The maximum Gasteiger partial charge on any atom is 0.308 e. The first-order valence-electron chi connectivity index (χ1n) is 4.49. The SMILES string of the molecule is O=C(NNc1ccccc1F)c1ccno1. The highest BCUT2D eigenvalue weighted by Gasteiger charge is 2.09. The van der Waals surface area contributed by atoms with Crippen molar-refractivity contribution in [3.63, 3.8) is 0 Å². The van der Waals surface area contributed by atoms with Gasteiger partial charge in [0.1, 0.15) is 5.82 Å². The molecule has 0 aliphatic heterocycles. The maximum absolute atomic E-state index is 13.1. The zero-order valence-corrected chi connectivity index (χ0v) is 8.11. The summed E-state index contributed by atoms with van der Waals surface area (Å²) in [6.07, 6.45) is 1.35. The number of nitrogens with one attached hydrogen (secondary N) is 2. The van der Waals surface area contributed by atoms with E-state index in [-0.39, 0.29) is 11.4 Å². The van der Waals surface area contributed by atoms with Crippen molar-refractivity contribution in [1.82, 2.24) is 10.6 Å². The second kappa shape index (κ2) is 4.43. The Balaban J connectivity index is 1.98. The Morgan fingerprint density at radius 1 is 1.31 bits per heavy atom. The van der Waals surface area contributed by atoms with E-state index in [0.29, 0.717) is 0 Å². The molecule has 0 unspecified atom stereocenters. The number of carbonyl (C=O) groups is 1. The molecule has 1 heterocycles. The van der Waals surface area contributed by atoms with Crippen molar-refractivity contribution >= 4 is 11.6 Å². The van der Waals surface area contributed by atoms with Crippen LogP contribution in [0.3, 0.4) is 0 Å². The number of halogens is 1. The van der Waals surface area contributed by atoms with Crippen molar-refractivity contribution in [2.24, 2.45) is 0 Å². The fourth-order valence-electron chi connectivity index (χ4n) is 1.08. The van der Waals surface area contributed by atoms with Gasteiger partial charge in [-0.3, -0.25) is 15.6 Å². The van der Waals surface area contributed by atoms with E-state index >= 15 is 0 Å². The van der Waals surface area contributed by atoms with Crippen LogP contribution < -0.4 is 10.9 Å². The van der Waals surface area contributed by atoms with Gasteiger partial charge in [-0.25, -0.2) is 4.39 Å². The molecule has 2 aromatic rings. The highest BCUT2D eigenvalue weighted by Crippen LogP contribution is 2.10. The summed E-state index contributed by atoms with van der Waals surface area (Å²) in [6.45, 7) is 0. The Morgan fingerprint density at radius 3 is 2.81 bits per heavy atom. The van der Waals surface area contributed by atoms with Crippen molar-refractivity contribution in [2.75, 3.05) is 5.43 Å². The molecule has 1 aromatic heterocycles.